The molecule has 6 heteroatoms. The Kier molecular flexibility index (Phi) is 62.1. The highest BCUT2D eigenvalue weighted by Gasteiger charge is 2.19. The SMILES string of the molecule is CCCCC/C=C\C/C=C\C/C=C\CCCCCCC(=O)OC(COC(=O)CCCCCCCCCCCCCCCCCCCCC)COC(=O)CCCCCCCCCCCCCCCCCCCCCCC. The number of ether oxygens (including phenoxy) is 3. The van der Waals surface area contributed by atoms with Crippen LogP contribution in [0.1, 0.15) is 367 Å². The largest absolute Gasteiger partial charge is 0.462 e. The number of carbonyl (C=O) groups is 3. The van der Waals surface area contributed by atoms with Gasteiger partial charge < -0.3 is 14.2 Å². The third-order valence-corrected chi connectivity index (χ3v) is 15.1. The highest BCUT2D eigenvalue weighted by Crippen LogP contribution is 2.18. The molecule has 0 heterocycles. The summed E-state index contributed by atoms with van der Waals surface area (Å²) < 4.78 is 17.0. The molecule has 0 fully saturated rings. The number of rotatable bonds is 62. The Morgan fingerprint density at radius 3 is 0.773 bits per heavy atom. The van der Waals surface area contributed by atoms with E-state index in [4.69, 9.17) is 14.2 Å². The summed E-state index contributed by atoms with van der Waals surface area (Å²) in [5.74, 6) is -0.869. The Morgan fingerprint density at radius 1 is 0.267 bits per heavy atom. The third kappa shape index (κ3) is 62.4. The molecule has 0 radical (unpaired) electrons. The summed E-state index contributed by atoms with van der Waals surface area (Å²) in [4.78, 5) is 38.4. The third-order valence-electron chi connectivity index (χ3n) is 15.1. The van der Waals surface area contributed by atoms with E-state index < -0.39 is 6.10 Å². The van der Waals surface area contributed by atoms with Crippen LogP contribution in [-0.2, 0) is 28.6 Å². The van der Waals surface area contributed by atoms with Gasteiger partial charge in [0.15, 0.2) is 6.10 Å². The first-order valence-corrected chi connectivity index (χ1v) is 33.5. The van der Waals surface area contributed by atoms with E-state index in [9.17, 15) is 14.4 Å². The fraction of sp³-hybridized carbons (Fsp3) is 0.870. The van der Waals surface area contributed by atoms with Gasteiger partial charge in [0.2, 0.25) is 0 Å². The minimum atomic E-state index is -0.781. The summed E-state index contributed by atoms with van der Waals surface area (Å²) in [7, 11) is 0. The maximum absolute atomic E-state index is 12.9. The van der Waals surface area contributed by atoms with Crippen molar-refractivity contribution in [3.8, 4) is 0 Å². The van der Waals surface area contributed by atoms with Gasteiger partial charge >= 0.3 is 17.9 Å². The lowest BCUT2D eigenvalue weighted by Gasteiger charge is -2.18. The van der Waals surface area contributed by atoms with E-state index in [2.05, 4.69) is 57.2 Å². The first-order chi connectivity index (χ1) is 37.0. The lowest BCUT2D eigenvalue weighted by molar-refractivity contribution is -0.167. The molecule has 0 N–H and O–H groups in total. The summed E-state index contributed by atoms with van der Waals surface area (Å²) in [5, 5.41) is 0. The number of esters is 3. The molecule has 0 aromatic rings. The van der Waals surface area contributed by atoms with E-state index >= 15 is 0 Å². The predicted molar refractivity (Wildman–Crippen MR) is 326 cm³/mol. The number of hydrogen-bond donors (Lipinski definition) is 0. The number of carbonyl (C=O) groups excluding carboxylic acids is 3. The minimum absolute atomic E-state index is 0.0758. The van der Waals surface area contributed by atoms with Gasteiger partial charge in [0.1, 0.15) is 13.2 Å². The van der Waals surface area contributed by atoms with Gasteiger partial charge in [-0.25, -0.2) is 0 Å². The highest BCUT2D eigenvalue weighted by molar-refractivity contribution is 5.71. The molecule has 0 rings (SSSR count). The molecule has 0 spiro atoms. The Hall–Kier alpha value is -2.37. The van der Waals surface area contributed by atoms with Crippen molar-refractivity contribution in [1.29, 1.82) is 0 Å². The van der Waals surface area contributed by atoms with Crippen molar-refractivity contribution in [2.75, 3.05) is 13.2 Å². The van der Waals surface area contributed by atoms with Gasteiger partial charge in [0.25, 0.3) is 0 Å². The van der Waals surface area contributed by atoms with Gasteiger partial charge in [0, 0.05) is 19.3 Å². The average molecular weight is 1050 g/mol. The molecule has 75 heavy (non-hydrogen) atoms. The molecule has 0 aliphatic rings. The summed E-state index contributed by atoms with van der Waals surface area (Å²) in [6.45, 7) is 6.67. The van der Waals surface area contributed by atoms with Crippen LogP contribution in [0.4, 0.5) is 0 Å². The van der Waals surface area contributed by atoms with E-state index in [1.807, 2.05) is 0 Å². The van der Waals surface area contributed by atoms with E-state index in [1.165, 1.54) is 244 Å². The fourth-order valence-corrected chi connectivity index (χ4v) is 10.1. The molecule has 0 amide bonds. The van der Waals surface area contributed by atoms with Gasteiger partial charge in [-0.15, -0.1) is 0 Å². The molecule has 1 atom stereocenters. The van der Waals surface area contributed by atoms with Crippen molar-refractivity contribution < 1.29 is 28.6 Å². The maximum atomic E-state index is 12.9. The standard InChI is InChI=1S/C69H128O6/c1-4-7-10-13-16-19-22-25-28-31-33-34-36-39-41-44-47-50-53-56-59-62-68(71)74-65-66(75-69(72)63-60-57-54-51-48-45-42-37-30-27-24-21-18-15-12-9-6-3)64-73-67(70)61-58-55-52-49-46-43-40-38-35-32-29-26-23-20-17-14-11-8-5-2/h18,21,27,30,42,45,66H,4-17,19-20,22-26,28-29,31-41,43-44,46-65H2,1-3H3/b21-18-,30-27-,45-42-. The molecule has 0 saturated heterocycles. The van der Waals surface area contributed by atoms with Gasteiger partial charge in [-0.2, -0.15) is 0 Å². The van der Waals surface area contributed by atoms with Crippen molar-refractivity contribution in [3.05, 3.63) is 36.5 Å². The van der Waals surface area contributed by atoms with Crippen molar-refractivity contribution in [2.24, 2.45) is 0 Å². The van der Waals surface area contributed by atoms with E-state index in [1.54, 1.807) is 0 Å². The van der Waals surface area contributed by atoms with Crippen molar-refractivity contribution in [2.45, 2.75) is 374 Å². The zero-order valence-electron chi connectivity index (χ0n) is 50.6. The van der Waals surface area contributed by atoms with Crippen LogP contribution >= 0.6 is 0 Å². The summed E-state index contributed by atoms with van der Waals surface area (Å²) >= 11 is 0. The number of unbranched alkanes of at least 4 members (excludes halogenated alkanes) is 45. The Balaban J connectivity index is 4.33. The molecule has 440 valence electrons. The normalized spacial score (nSPS) is 12.2. The lowest BCUT2D eigenvalue weighted by Crippen LogP contribution is -2.30. The van der Waals surface area contributed by atoms with Gasteiger partial charge in [-0.1, -0.05) is 327 Å². The van der Waals surface area contributed by atoms with Gasteiger partial charge in [-0.05, 0) is 57.8 Å². The summed E-state index contributed by atoms with van der Waals surface area (Å²) in [6, 6.07) is 0. The maximum Gasteiger partial charge on any atom is 0.306 e. The van der Waals surface area contributed by atoms with E-state index in [0.717, 1.165) is 83.5 Å². The first-order valence-electron chi connectivity index (χ1n) is 33.5. The highest BCUT2D eigenvalue weighted by atomic mass is 16.6. The monoisotopic (exact) mass is 1050 g/mol. The molecular formula is C69H128O6. The zero-order chi connectivity index (χ0) is 54.3. The van der Waals surface area contributed by atoms with Crippen LogP contribution in [0.3, 0.4) is 0 Å². The molecule has 0 aliphatic carbocycles. The van der Waals surface area contributed by atoms with Crippen LogP contribution in [0, 0.1) is 0 Å². The molecule has 0 aromatic carbocycles. The molecule has 6 nitrogen and oxygen atoms in total. The van der Waals surface area contributed by atoms with Crippen molar-refractivity contribution >= 4 is 17.9 Å². The molecule has 0 bridgehead atoms. The van der Waals surface area contributed by atoms with Crippen molar-refractivity contribution in [3.63, 3.8) is 0 Å². The number of hydrogen-bond acceptors (Lipinski definition) is 6. The minimum Gasteiger partial charge on any atom is -0.462 e. The lowest BCUT2D eigenvalue weighted by atomic mass is 10.0. The summed E-state index contributed by atoms with van der Waals surface area (Å²) in [6.07, 6.45) is 78.7. The zero-order valence-corrected chi connectivity index (χ0v) is 50.6. The van der Waals surface area contributed by atoms with Gasteiger partial charge in [-0.3, -0.25) is 14.4 Å². The molecule has 0 saturated carbocycles. The van der Waals surface area contributed by atoms with Crippen LogP contribution in [0.15, 0.2) is 36.5 Å². The van der Waals surface area contributed by atoms with Crippen LogP contribution < -0.4 is 0 Å². The molecule has 0 aromatic heterocycles. The molecule has 0 aliphatic heterocycles. The molecule has 1 unspecified atom stereocenters. The Bertz CT molecular complexity index is 1250. The Morgan fingerprint density at radius 2 is 0.480 bits per heavy atom. The number of allylic oxidation sites excluding steroid dienone is 6. The second-order valence-electron chi connectivity index (χ2n) is 22.7. The van der Waals surface area contributed by atoms with Gasteiger partial charge in [0.05, 0.1) is 0 Å². The van der Waals surface area contributed by atoms with E-state index in [0.29, 0.717) is 19.3 Å². The second kappa shape index (κ2) is 64.2. The topological polar surface area (TPSA) is 78.9 Å². The van der Waals surface area contributed by atoms with Crippen LogP contribution in [0.5, 0.6) is 0 Å². The summed E-state index contributed by atoms with van der Waals surface area (Å²) in [5.41, 5.74) is 0. The second-order valence-corrected chi connectivity index (χ2v) is 22.7. The van der Waals surface area contributed by atoms with Crippen LogP contribution in [0.25, 0.3) is 0 Å². The smallest absolute Gasteiger partial charge is 0.306 e. The average Bonchev–Trinajstić information content (AvgIpc) is 3.41. The quantitative estimate of drug-likeness (QED) is 0.0261. The molecular weight excluding hydrogens is 925 g/mol. The van der Waals surface area contributed by atoms with Crippen LogP contribution in [0.2, 0.25) is 0 Å². The van der Waals surface area contributed by atoms with E-state index in [-0.39, 0.29) is 31.1 Å². The fourth-order valence-electron chi connectivity index (χ4n) is 10.1. The predicted octanol–water partition coefficient (Wildman–Crippen LogP) is 22.8. The first kappa shape index (κ1) is 72.6. The Labute approximate surface area is 467 Å². The van der Waals surface area contributed by atoms with Crippen LogP contribution in [-0.4, -0.2) is 37.2 Å². The van der Waals surface area contributed by atoms with Crippen molar-refractivity contribution in [1.82, 2.24) is 0 Å².